The van der Waals surface area contributed by atoms with Crippen molar-refractivity contribution in [1.82, 2.24) is 20.0 Å². The first kappa shape index (κ1) is 25.9. The van der Waals surface area contributed by atoms with Crippen LogP contribution in [0.25, 0.3) is 0 Å². The van der Waals surface area contributed by atoms with Gasteiger partial charge >= 0.3 is 0 Å². The average Bonchev–Trinajstić information content (AvgIpc) is 2.79. The first-order chi connectivity index (χ1) is 15.8. The number of nitrogens with zero attached hydrogens (tertiary/aromatic N) is 3. The zero-order valence-electron chi connectivity index (χ0n) is 21.1. The molecule has 3 fully saturated rings. The third kappa shape index (κ3) is 7.15. The van der Waals surface area contributed by atoms with Crippen LogP contribution in [0.2, 0.25) is 0 Å². The Hall–Kier alpha value is -1.67. The Morgan fingerprint density at radius 2 is 1.64 bits per heavy atom. The van der Waals surface area contributed by atoms with Crippen molar-refractivity contribution in [3.05, 3.63) is 0 Å². The summed E-state index contributed by atoms with van der Waals surface area (Å²) in [5, 5.41) is 3.35. The second-order valence-corrected chi connectivity index (χ2v) is 10.8. The van der Waals surface area contributed by atoms with Gasteiger partial charge in [0.1, 0.15) is 6.04 Å². The predicted molar refractivity (Wildman–Crippen MR) is 128 cm³/mol. The summed E-state index contributed by atoms with van der Waals surface area (Å²) in [6.07, 6.45) is 3.74. The Bertz CT molecular complexity index is 669. The van der Waals surface area contributed by atoms with Crippen LogP contribution in [0.15, 0.2) is 0 Å². The molecule has 1 N–H and O–H groups in total. The van der Waals surface area contributed by atoms with Gasteiger partial charge in [0.05, 0.1) is 19.3 Å². The van der Waals surface area contributed by atoms with E-state index >= 15 is 0 Å². The van der Waals surface area contributed by atoms with Crippen LogP contribution < -0.4 is 5.32 Å². The lowest BCUT2D eigenvalue weighted by Crippen LogP contribution is -2.62. The van der Waals surface area contributed by atoms with E-state index in [9.17, 15) is 14.4 Å². The zero-order chi connectivity index (χ0) is 24.0. The van der Waals surface area contributed by atoms with E-state index in [0.717, 1.165) is 25.8 Å². The molecular formula is C25H44N4O4. The maximum Gasteiger partial charge on any atom is 0.245 e. The van der Waals surface area contributed by atoms with Crippen molar-refractivity contribution >= 4 is 17.7 Å². The molecule has 0 aromatic heterocycles. The van der Waals surface area contributed by atoms with Gasteiger partial charge in [0.25, 0.3) is 0 Å². The molecule has 0 bridgehead atoms. The monoisotopic (exact) mass is 464 g/mol. The molecule has 3 rings (SSSR count). The van der Waals surface area contributed by atoms with Crippen molar-refractivity contribution in [3.8, 4) is 0 Å². The summed E-state index contributed by atoms with van der Waals surface area (Å²) in [7, 11) is 0. The van der Waals surface area contributed by atoms with Crippen LogP contribution in [-0.2, 0) is 19.1 Å². The van der Waals surface area contributed by atoms with E-state index in [1.54, 1.807) is 0 Å². The van der Waals surface area contributed by atoms with Crippen molar-refractivity contribution in [2.45, 2.75) is 71.9 Å². The fraction of sp³-hybridized carbons (Fsp3) is 0.880. The number of rotatable bonds is 8. The van der Waals surface area contributed by atoms with Crippen LogP contribution in [0.1, 0.15) is 59.8 Å². The number of nitrogens with one attached hydrogen (secondary N) is 1. The van der Waals surface area contributed by atoms with Gasteiger partial charge in [-0.25, -0.2) is 0 Å². The number of hydrogen-bond acceptors (Lipinski definition) is 5. The van der Waals surface area contributed by atoms with Gasteiger partial charge in [-0.2, -0.15) is 0 Å². The maximum absolute atomic E-state index is 13.6. The summed E-state index contributed by atoms with van der Waals surface area (Å²) in [6, 6.07) is -0.584. The van der Waals surface area contributed by atoms with Gasteiger partial charge < -0.3 is 24.8 Å². The Morgan fingerprint density at radius 3 is 2.24 bits per heavy atom. The van der Waals surface area contributed by atoms with Crippen molar-refractivity contribution in [3.63, 3.8) is 0 Å². The summed E-state index contributed by atoms with van der Waals surface area (Å²) >= 11 is 0. The van der Waals surface area contributed by atoms with Crippen LogP contribution in [0.3, 0.4) is 0 Å². The molecule has 3 heterocycles. The number of piperazine rings is 1. The first-order valence-electron chi connectivity index (χ1n) is 12.9. The third-order valence-electron chi connectivity index (χ3n) is 7.14. The fourth-order valence-electron chi connectivity index (χ4n) is 5.29. The minimum absolute atomic E-state index is 0.0694. The minimum Gasteiger partial charge on any atom is -0.378 e. The average molecular weight is 465 g/mol. The predicted octanol–water partition coefficient (Wildman–Crippen LogP) is 1.74. The lowest BCUT2D eigenvalue weighted by Gasteiger charge is -2.42. The molecule has 188 valence electrons. The van der Waals surface area contributed by atoms with E-state index in [2.05, 4.69) is 33.0 Å². The van der Waals surface area contributed by atoms with E-state index in [1.807, 2.05) is 14.7 Å². The number of amides is 3. The SMILES string of the molecule is CC(C)CC(C(=O)N1CCC(CC(=O)N2CCOCC2)CC1)N1CCN[C@@H](CC(C)C)C1=O. The van der Waals surface area contributed by atoms with E-state index in [4.69, 9.17) is 4.74 Å². The number of morpholine rings is 1. The Balaban J connectivity index is 1.57. The molecule has 0 aromatic carbocycles. The quantitative estimate of drug-likeness (QED) is 0.592. The van der Waals surface area contributed by atoms with Crippen LogP contribution in [0.4, 0.5) is 0 Å². The van der Waals surface area contributed by atoms with Gasteiger partial charge in [-0.1, -0.05) is 27.7 Å². The molecule has 0 aromatic rings. The smallest absolute Gasteiger partial charge is 0.245 e. The van der Waals surface area contributed by atoms with Crippen molar-refractivity contribution in [2.24, 2.45) is 17.8 Å². The molecule has 0 radical (unpaired) electrons. The zero-order valence-corrected chi connectivity index (χ0v) is 21.1. The second-order valence-electron chi connectivity index (χ2n) is 10.8. The molecule has 3 amide bonds. The second kappa shape index (κ2) is 12.2. The number of ether oxygens (including phenoxy) is 1. The standard InChI is InChI=1S/C25H44N4O4/c1-18(2)15-21-24(31)29(10-7-26-21)22(16-19(3)4)25(32)28-8-5-20(6-9-28)17-23(30)27-11-13-33-14-12-27/h18-22,26H,5-17H2,1-4H3/t21-,22?/m0/s1. The van der Waals surface area contributed by atoms with E-state index in [0.29, 0.717) is 76.5 Å². The van der Waals surface area contributed by atoms with Crippen LogP contribution >= 0.6 is 0 Å². The summed E-state index contributed by atoms with van der Waals surface area (Å²) in [5.41, 5.74) is 0. The van der Waals surface area contributed by atoms with Gasteiger partial charge in [0, 0.05) is 45.7 Å². The molecule has 0 spiro atoms. The topological polar surface area (TPSA) is 82.2 Å². The molecule has 0 saturated carbocycles. The van der Waals surface area contributed by atoms with Crippen LogP contribution in [0, 0.1) is 17.8 Å². The van der Waals surface area contributed by atoms with Gasteiger partial charge in [-0.3, -0.25) is 14.4 Å². The van der Waals surface area contributed by atoms with Gasteiger partial charge in [0.15, 0.2) is 0 Å². The Morgan fingerprint density at radius 1 is 0.970 bits per heavy atom. The van der Waals surface area contributed by atoms with E-state index in [1.165, 1.54) is 0 Å². The van der Waals surface area contributed by atoms with E-state index in [-0.39, 0.29) is 29.8 Å². The molecule has 33 heavy (non-hydrogen) atoms. The van der Waals surface area contributed by atoms with Crippen LogP contribution in [-0.4, -0.2) is 97.0 Å². The van der Waals surface area contributed by atoms with E-state index < -0.39 is 0 Å². The molecule has 1 unspecified atom stereocenters. The normalized spacial score (nSPS) is 24.0. The fourth-order valence-corrected chi connectivity index (χ4v) is 5.29. The highest BCUT2D eigenvalue weighted by Gasteiger charge is 2.39. The largest absolute Gasteiger partial charge is 0.378 e. The molecule has 3 aliphatic rings. The minimum atomic E-state index is -0.388. The highest BCUT2D eigenvalue weighted by Crippen LogP contribution is 2.25. The van der Waals surface area contributed by atoms with Gasteiger partial charge in [0.2, 0.25) is 17.7 Å². The Labute approximate surface area is 199 Å². The molecular weight excluding hydrogens is 420 g/mol. The van der Waals surface area contributed by atoms with Crippen molar-refractivity contribution < 1.29 is 19.1 Å². The molecule has 0 aliphatic carbocycles. The first-order valence-corrected chi connectivity index (χ1v) is 12.9. The molecule has 8 nitrogen and oxygen atoms in total. The summed E-state index contributed by atoms with van der Waals surface area (Å²) in [5.74, 6) is 1.44. The van der Waals surface area contributed by atoms with Crippen LogP contribution in [0.5, 0.6) is 0 Å². The van der Waals surface area contributed by atoms with Crippen molar-refractivity contribution in [2.75, 3.05) is 52.5 Å². The van der Waals surface area contributed by atoms with Gasteiger partial charge in [-0.05, 0) is 43.4 Å². The summed E-state index contributed by atoms with van der Waals surface area (Å²) < 4.78 is 5.34. The molecule has 3 saturated heterocycles. The summed E-state index contributed by atoms with van der Waals surface area (Å²) in [4.78, 5) is 45.1. The number of likely N-dealkylation sites (tertiary alicyclic amines) is 1. The molecule has 3 aliphatic heterocycles. The lowest BCUT2D eigenvalue weighted by atomic mass is 9.91. The summed E-state index contributed by atoms with van der Waals surface area (Å²) in [6.45, 7) is 13.7. The van der Waals surface area contributed by atoms with Crippen molar-refractivity contribution in [1.29, 1.82) is 0 Å². The number of hydrogen-bond donors (Lipinski definition) is 1. The molecule has 8 heteroatoms. The highest BCUT2D eigenvalue weighted by molar-refractivity contribution is 5.90. The van der Waals surface area contributed by atoms with Gasteiger partial charge in [-0.15, -0.1) is 0 Å². The Kier molecular flexibility index (Phi) is 9.56. The molecule has 2 atom stereocenters. The third-order valence-corrected chi connectivity index (χ3v) is 7.14. The number of carbonyl (C=O) groups is 3. The lowest BCUT2D eigenvalue weighted by molar-refractivity contribution is -0.150. The number of piperidine rings is 1. The highest BCUT2D eigenvalue weighted by atomic mass is 16.5. The maximum atomic E-state index is 13.6. The number of carbonyl (C=O) groups excluding carboxylic acids is 3.